The number of fused-ring (bicyclic) bond motifs is 2. The first kappa shape index (κ1) is 20.5. The van der Waals surface area contributed by atoms with Crippen molar-refractivity contribution < 1.29 is 14.3 Å². The molecular weight excluding hydrogens is 400 g/mol. The van der Waals surface area contributed by atoms with Crippen LogP contribution in [0.2, 0.25) is 0 Å². The highest BCUT2D eigenvalue weighted by molar-refractivity contribution is 7.20. The molecule has 0 aliphatic carbocycles. The lowest BCUT2D eigenvalue weighted by atomic mass is 10.1. The van der Waals surface area contributed by atoms with E-state index in [-0.39, 0.29) is 17.9 Å². The molecule has 30 heavy (non-hydrogen) atoms. The maximum Gasteiger partial charge on any atom is 0.349 e. The van der Waals surface area contributed by atoms with Gasteiger partial charge in [-0.25, -0.2) is 9.78 Å². The Morgan fingerprint density at radius 3 is 2.67 bits per heavy atom. The van der Waals surface area contributed by atoms with Gasteiger partial charge in [-0.05, 0) is 37.3 Å². The summed E-state index contributed by atoms with van der Waals surface area (Å²) in [5, 5.41) is 0.485. The number of carbonyl (C=O) groups is 2. The van der Waals surface area contributed by atoms with E-state index in [4.69, 9.17) is 4.74 Å². The smallest absolute Gasteiger partial charge is 0.349 e. The lowest BCUT2D eigenvalue weighted by Gasteiger charge is -2.08. The Hall–Kier alpha value is -2.80. The van der Waals surface area contributed by atoms with Crippen LogP contribution < -0.4 is 5.56 Å². The summed E-state index contributed by atoms with van der Waals surface area (Å²) in [6.45, 7) is 4.12. The summed E-state index contributed by atoms with van der Waals surface area (Å²) < 4.78 is 7.03. The number of hydrogen-bond donors (Lipinski definition) is 0. The Labute approximate surface area is 178 Å². The first-order chi connectivity index (χ1) is 14.5. The first-order valence-electron chi connectivity index (χ1n) is 10.3. The zero-order valence-corrected chi connectivity index (χ0v) is 18.0. The second-order valence-corrected chi connectivity index (χ2v) is 8.58. The van der Waals surface area contributed by atoms with Crippen molar-refractivity contribution in [1.29, 1.82) is 0 Å². The number of benzene rings is 1. The van der Waals surface area contributed by atoms with Gasteiger partial charge in [0.2, 0.25) is 0 Å². The molecule has 0 N–H and O–H groups in total. The van der Waals surface area contributed by atoms with Crippen molar-refractivity contribution in [3.05, 3.63) is 62.0 Å². The van der Waals surface area contributed by atoms with Gasteiger partial charge in [0, 0.05) is 18.5 Å². The molecular formula is C23H24N2O4S. The fourth-order valence-electron chi connectivity index (χ4n) is 3.81. The number of aromatic nitrogens is 2. The number of rotatable bonds is 5. The quantitative estimate of drug-likeness (QED) is 0.455. The molecule has 0 unspecified atom stereocenters. The summed E-state index contributed by atoms with van der Waals surface area (Å²) in [6, 6.07) is 7.29. The Balaban J connectivity index is 1.56. The number of esters is 1. The van der Waals surface area contributed by atoms with Gasteiger partial charge in [0.25, 0.3) is 5.56 Å². The van der Waals surface area contributed by atoms with Crippen LogP contribution >= 0.6 is 11.3 Å². The van der Waals surface area contributed by atoms with Gasteiger partial charge >= 0.3 is 5.97 Å². The van der Waals surface area contributed by atoms with E-state index < -0.39 is 5.97 Å². The normalized spacial score (nSPS) is 13.7. The molecule has 1 aliphatic rings. The lowest BCUT2D eigenvalue weighted by Crippen LogP contribution is -2.24. The SMILES string of the molecule is CCc1ccc(C(=O)COC(=O)c2sc3nc4n(c(=O)c3c2C)CCCCC4)cc1. The predicted octanol–water partition coefficient (Wildman–Crippen LogP) is 4.09. The van der Waals surface area contributed by atoms with Crippen molar-refractivity contribution in [3.63, 3.8) is 0 Å². The highest BCUT2D eigenvalue weighted by atomic mass is 32.1. The Morgan fingerprint density at radius 1 is 1.17 bits per heavy atom. The number of aryl methyl sites for hydroxylation is 3. The maximum absolute atomic E-state index is 13.0. The minimum Gasteiger partial charge on any atom is -0.453 e. The van der Waals surface area contributed by atoms with Gasteiger partial charge in [0.05, 0.1) is 5.39 Å². The van der Waals surface area contributed by atoms with Crippen molar-refractivity contribution in [2.75, 3.05) is 6.61 Å². The second kappa shape index (κ2) is 8.52. The van der Waals surface area contributed by atoms with Crippen LogP contribution in [0.25, 0.3) is 10.2 Å². The van der Waals surface area contributed by atoms with E-state index in [2.05, 4.69) is 4.98 Å². The predicted molar refractivity (Wildman–Crippen MR) is 117 cm³/mol. The van der Waals surface area contributed by atoms with Crippen LogP contribution in [0.15, 0.2) is 29.1 Å². The molecule has 4 rings (SSSR count). The third-order valence-corrected chi connectivity index (χ3v) is 6.78. The third-order valence-electron chi connectivity index (χ3n) is 5.62. The number of ketones is 1. The van der Waals surface area contributed by atoms with Crippen LogP contribution in [-0.4, -0.2) is 27.9 Å². The van der Waals surface area contributed by atoms with Gasteiger partial charge in [-0.2, -0.15) is 0 Å². The van der Waals surface area contributed by atoms with E-state index in [1.807, 2.05) is 19.1 Å². The van der Waals surface area contributed by atoms with Crippen molar-refractivity contribution >= 4 is 33.3 Å². The highest BCUT2D eigenvalue weighted by Gasteiger charge is 2.23. The number of ether oxygens (including phenoxy) is 1. The minimum atomic E-state index is -0.589. The van der Waals surface area contributed by atoms with Crippen LogP contribution in [0.4, 0.5) is 0 Å². The summed E-state index contributed by atoms with van der Waals surface area (Å²) in [4.78, 5) is 43.6. The number of Topliss-reactive ketones (excluding diaryl/α,β-unsaturated/α-hetero) is 1. The number of thiophene rings is 1. The molecule has 0 bridgehead atoms. The molecule has 0 saturated carbocycles. The van der Waals surface area contributed by atoms with Crippen molar-refractivity contribution in [3.8, 4) is 0 Å². The summed E-state index contributed by atoms with van der Waals surface area (Å²) in [7, 11) is 0. The zero-order chi connectivity index (χ0) is 21.3. The van der Waals surface area contributed by atoms with Crippen LogP contribution in [0.3, 0.4) is 0 Å². The molecule has 0 amide bonds. The Kier molecular flexibility index (Phi) is 5.81. The summed E-state index contributed by atoms with van der Waals surface area (Å²) in [6.07, 6.45) is 4.72. The number of nitrogens with zero attached hydrogens (tertiary/aromatic N) is 2. The molecule has 0 radical (unpaired) electrons. The van der Waals surface area contributed by atoms with Crippen molar-refractivity contribution in [2.45, 2.75) is 52.5 Å². The molecule has 3 aromatic rings. The molecule has 0 saturated heterocycles. The van der Waals surface area contributed by atoms with Crippen LogP contribution in [-0.2, 0) is 24.1 Å². The molecule has 156 valence electrons. The lowest BCUT2D eigenvalue weighted by molar-refractivity contribution is 0.0479. The Bertz CT molecular complexity index is 1170. The number of carbonyl (C=O) groups excluding carboxylic acids is 2. The molecule has 0 atom stereocenters. The second-order valence-electron chi connectivity index (χ2n) is 7.58. The summed E-state index contributed by atoms with van der Waals surface area (Å²) >= 11 is 1.17. The van der Waals surface area contributed by atoms with E-state index in [0.717, 1.165) is 43.5 Å². The van der Waals surface area contributed by atoms with E-state index in [0.29, 0.717) is 32.8 Å². The highest BCUT2D eigenvalue weighted by Crippen LogP contribution is 2.29. The fourth-order valence-corrected chi connectivity index (χ4v) is 4.90. The minimum absolute atomic E-state index is 0.0863. The standard InChI is InChI=1S/C23H24N2O4S/c1-3-15-8-10-16(11-9-15)17(26)13-29-23(28)20-14(2)19-21(30-20)24-18-7-5-4-6-12-25(18)22(19)27/h8-11H,3-7,12-13H2,1-2H3. The molecule has 3 heterocycles. The van der Waals surface area contributed by atoms with Gasteiger partial charge in [-0.1, -0.05) is 37.6 Å². The first-order valence-corrected chi connectivity index (χ1v) is 11.1. The monoisotopic (exact) mass is 424 g/mol. The maximum atomic E-state index is 13.0. The van der Waals surface area contributed by atoms with Crippen LogP contribution in [0.5, 0.6) is 0 Å². The molecule has 1 aromatic carbocycles. The fraction of sp³-hybridized carbons (Fsp3) is 0.391. The molecule has 6 nitrogen and oxygen atoms in total. The van der Waals surface area contributed by atoms with Gasteiger partial charge in [-0.15, -0.1) is 11.3 Å². The van der Waals surface area contributed by atoms with Gasteiger partial charge in [0.1, 0.15) is 15.5 Å². The van der Waals surface area contributed by atoms with Crippen molar-refractivity contribution in [2.24, 2.45) is 0 Å². The van der Waals surface area contributed by atoms with E-state index in [9.17, 15) is 14.4 Å². The molecule has 1 aliphatic heterocycles. The molecule has 2 aromatic heterocycles. The molecule has 7 heteroatoms. The van der Waals surface area contributed by atoms with Gasteiger partial charge in [0.15, 0.2) is 12.4 Å². The van der Waals surface area contributed by atoms with E-state index in [1.54, 1.807) is 23.6 Å². The summed E-state index contributed by atoms with van der Waals surface area (Å²) in [5.41, 5.74) is 2.15. The number of hydrogen-bond acceptors (Lipinski definition) is 6. The van der Waals surface area contributed by atoms with Gasteiger partial charge in [-0.3, -0.25) is 14.2 Å². The zero-order valence-electron chi connectivity index (χ0n) is 17.2. The average Bonchev–Trinajstić information content (AvgIpc) is 2.93. The van der Waals surface area contributed by atoms with Crippen LogP contribution in [0, 0.1) is 6.92 Å². The third kappa shape index (κ3) is 3.81. The van der Waals surface area contributed by atoms with Gasteiger partial charge < -0.3 is 4.74 Å². The van der Waals surface area contributed by atoms with E-state index in [1.165, 1.54) is 11.3 Å². The Morgan fingerprint density at radius 2 is 1.93 bits per heavy atom. The van der Waals surface area contributed by atoms with E-state index >= 15 is 0 Å². The topological polar surface area (TPSA) is 78.3 Å². The van der Waals surface area contributed by atoms with Crippen molar-refractivity contribution in [1.82, 2.24) is 9.55 Å². The molecule has 0 fully saturated rings. The largest absolute Gasteiger partial charge is 0.453 e. The summed E-state index contributed by atoms with van der Waals surface area (Å²) in [5.74, 6) is -0.0554. The molecule has 0 spiro atoms. The van der Waals surface area contributed by atoms with Crippen LogP contribution in [0.1, 0.15) is 63.2 Å². The average molecular weight is 425 g/mol.